The molecule has 5 nitrogen and oxygen atoms in total. The fourth-order valence-corrected chi connectivity index (χ4v) is 3.55. The predicted molar refractivity (Wildman–Crippen MR) is 120 cm³/mol. The van der Waals surface area contributed by atoms with Crippen molar-refractivity contribution in [1.29, 1.82) is 0 Å². The Morgan fingerprint density at radius 1 is 0.933 bits per heavy atom. The van der Waals surface area contributed by atoms with Crippen molar-refractivity contribution in [3.63, 3.8) is 0 Å². The molecule has 0 saturated heterocycles. The third-order valence-electron chi connectivity index (χ3n) is 4.79. The molecule has 0 aliphatic heterocycles. The SMILES string of the molecule is Cc1cccc(-c2nc(C(=O)Nc3c(C)cccc3Cl)nn2-c2cccc(C)c2)c1. The van der Waals surface area contributed by atoms with Crippen molar-refractivity contribution in [2.45, 2.75) is 20.8 Å². The van der Waals surface area contributed by atoms with E-state index in [-0.39, 0.29) is 5.82 Å². The lowest BCUT2D eigenvalue weighted by atomic mass is 10.1. The van der Waals surface area contributed by atoms with Crippen LogP contribution in [0.4, 0.5) is 5.69 Å². The number of anilines is 1. The number of hydrogen-bond acceptors (Lipinski definition) is 3. The van der Waals surface area contributed by atoms with E-state index in [4.69, 9.17) is 11.6 Å². The molecule has 0 spiro atoms. The van der Waals surface area contributed by atoms with Crippen LogP contribution in [0.2, 0.25) is 5.02 Å². The predicted octanol–water partition coefficient (Wildman–Crippen LogP) is 5.77. The summed E-state index contributed by atoms with van der Waals surface area (Å²) in [4.78, 5) is 17.6. The maximum absolute atomic E-state index is 13.0. The van der Waals surface area contributed by atoms with Crippen LogP contribution in [0, 0.1) is 20.8 Å². The van der Waals surface area contributed by atoms with Gasteiger partial charge >= 0.3 is 0 Å². The van der Waals surface area contributed by atoms with Crippen molar-refractivity contribution in [2.24, 2.45) is 0 Å². The summed E-state index contributed by atoms with van der Waals surface area (Å²) in [6, 6.07) is 21.4. The van der Waals surface area contributed by atoms with E-state index in [0.717, 1.165) is 27.9 Å². The highest BCUT2D eigenvalue weighted by atomic mass is 35.5. The van der Waals surface area contributed by atoms with Crippen molar-refractivity contribution >= 4 is 23.2 Å². The minimum absolute atomic E-state index is 0.0762. The Morgan fingerprint density at radius 3 is 2.33 bits per heavy atom. The highest BCUT2D eigenvalue weighted by Gasteiger charge is 2.20. The van der Waals surface area contributed by atoms with Gasteiger partial charge in [-0.05, 0) is 56.2 Å². The molecule has 1 heterocycles. The molecule has 4 aromatic rings. The van der Waals surface area contributed by atoms with Crippen molar-refractivity contribution in [2.75, 3.05) is 5.32 Å². The van der Waals surface area contributed by atoms with E-state index >= 15 is 0 Å². The standard InChI is InChI=1S/C24H21ClN4O/c1-15-7-4-10-18(13-15)23-27-22(28-29(23)19-11-5-8-16(2)14-19)24(30)26-21-17(3)9-6-12-20(21)25/h4-14H,1-3H3,(H,26,30). The quantitative estimate of drug-likeness (QED) is 0.459. The van der Waals surface area contributed by atoms with E-state index in [1.165, 1.54) is 0 Å². The van der Waals surface area contributed by atoms with Crippen LogP contribution in [-0.2, 0) is 0 Å². The largest absolute Gasteiger partial charge is 0.318 e. The fraction of sp³-hybridized carbons (Fsp3) is 0.125. The van der Waals surface area contributed by atoms with Crippen LogP contribution >= 0.6 is 11.6 Å². The maximum Gasteiger partial charge on any atom is 0.295 e. The number of aromatic nitrogens is 3. The van der Waals surface area contributed by atoms with Gasteiger partial charge in [0.15, 0.2) is 5.82 Å². The molecule has 30 heavy (non-hydrogen) atoms. The molecule has 1 amide bonds. The van der Waals surface area contributed by atoms with Gasteiger partial charge in [-0.15, -0.1) is 5.10 Å². The zero-order chi connectivity index (χ0) is 21.3. The smallest absolute Gasteiger partial charge is 0.295 e. The molecule has 4 rings (SSSR count). The number of carbonyl (C=O) groups is 1. The number of hydrogen-bond donors (Lipinski definition) is 1. The lowest BCUT2D eigenvalue weighted by molar-refractivity contribution is 0.101. The second-order valence-electron chi connectivity index (χ2n) is 7.27. The average Bonchev–Trinajstić information content (AvgIpc) is 3.16. The lowest BCUT2D eigenvalue weighted by Gasteiger charge is -2.08. The molecular weight excluding hydrogens is 396 g/mol. The van der Waals surface area contributed by atoms with Gasteiger partial charge in [-0.3, -0.25) is 4.79 Å². The van der Waals surface area contributed by atoms with Gasteiger partial charge < -0.3 is 5.32 Å². The van der Waals surface area contributed by atoms with Gasteiger partial charge in [-0.25, -0.2) is 9.67 Å². The number of aryl methyl sites for hydroxylation is 3. The third kappa shape index (κ3) is 3.98. The number of carbonyl (C=O) groups excluding carboxylic acids is 1. The van der Waals surface area contributed by atoms with Crippen molar-refractivity contribution < 1.29 is 4.79 Å². The van der Waals surface area contributed by atoms with E-state index < -0.39 is 5.91 Å². The molecule has 0 saturated carbocycles. The minimum atomic E-state index is -0.411. The van der Waals surface area contributed by atoms with Gasteiger partial charge in [0.25, 0.3) is 5.91 Å². The van der Waals surface area contributed by atoms with E-state index in [0.29, 0.717) is 16.5 Å². The van der Waals surface area contributed by atoms with Gasteiger partial charge in [-0.2, -0.15) is 0 Å². The average molecular weight is 417 g/mol. The number of benzene rings is 3. The Balaban J connectivity index is 1.80. The Labute approximate surface area is 180 Å². The topological polar surface area (TPSA) is 59.8 Å². The van der Waals surface area contributed by atoms with Crippen molar-refractivity contribution in [1.82, 2.24) is 14.8 Å². The maximum atomic E-state index is 13.0. The number of nitrogens with zero attached hydrogens (tertiary/aromatic N) is 3. The van der Waals surface area contributed by atoms with Crippen LogP contribution in [0.5, 0.6) is 0 Å². The van der Waals surface area contributed by atoms with Gasteiger partial charge in [0.1, 0.15) is 0 Å². The molecule has 150 valence electrons. The number of halogens is 1. The molecule has 0 bridgehead atoms. The van der Waals surface area contributed by atoms with E-state index in [1.54, 1.807) is 10.7 Å². The second-order valence-corrected chi connectivity index (χ2v) is 7.67. The molecule has 0 aliphatic carbocycles. The highest BCUT2D eigenvalue weighted by molar-refractivity contribution is 6.34. The zero-order valence-electron chi connectivity index (χ0n) is 17.0. The number of para-hydroxylation sites is 1. The Bertz CT molecular complexity index is 1160. The van der Waals surface area contributed by atoms with Crippen LogP contribution in [0.15, 0.2) is 66.7 Å². The molecule has 0 radical (unpaired) electrons. The first kappa shape index (κ1) is 19.9. The molecule has 0 aliphatic rings. The first-order chi connectivity index (χ1) is 14.4. The van der Waals surface area contributed by atoms with Crippen LogP contribution in [-0.4, -0.2) is 20.7 Å². The third-order valence-corrected chi connectivity index (χ3v) is 5.11. The van der Waals surface area contributed by atoms with Crippen molar-refractivity contribution in [3.8, 4) is 17.1 Å². The molecule has 1 N–H and O–H groups in total. The van der Waals surface area contributed by atoms with E-state index in [1.807, 2.05) is 81.4 Å². The Kier molecular flexibility index (Phi) is 5.38. The van der Waals surface area contributed by atoms with Crippen LogP contribution in [0.3, 0.4) is 0 Å². The summed E-state index contributed by atoms with van der Waals surface area (Å²) in [5, 5.41) is 7.86. The summed E-state index contributed by atoms with van der Waals surface area (Å²) in [6.45, 7) is 5.92. The molecule has 1 aromatic heterocycles. The summed E-state index contributed by atoms with van der Waals surface area (Å²) in [7, 11) is 0. The van der Waals surface area contributed by atoms with Crippen LogP contribution in [0.1, 0.15) is 27.3 Å². The molecule has 6 heteroatoms. The summed E-state index contributed by atoms with van der Waals surface area (Å²) < 4.78 is 1.70. The Morgan fingerprint density at radius 2 is 1.63 bits per heavy atom. The first-order valence-electron chi connectivity index (χ1n) is 9.60. The van der Waals surface area contributed by atoms with Crippen LogP contribution < -0.4 is 5.32 Å². The molecule has 0 unspecified atom stereocenters. The first-order valence-corrected chi connectivity index (χ1v) is 9.98. The molecule has 3 aromatic carbocycles. The number of rotatable bonds is 4. The normalized spacial score (nSPS) is 10.8. The minimum Gasteiger partial charge on any atom is -0.318 e. The van der Waals surface area contributed by atoms with Gasteiger partial charge in [-0.1, -0.05) is 59.6 Å². The van der Waals surface area contributed by atoms with Gasteiger partial charge in [0.05, 0.1) is 16.4 Å². The zero-order valence-corrected chi connectivity index (χ0v) is 17.7. The Hall–Kier alpha value is -3.44. The number of nitrogens with one attached hydrogen (secondary N) is 1. The number of amides is 1. The van der Waals surface area contributed by atoms with E-state index in [2.05, 4.69) is 15.4 Å². The fourth-order valence-electron chi connectivity index (χ4n) is 3.28. The summed E-state index contributed by atoms with van der Waals surface area (Å²) >= 11 is 6.26. The molecule has 0 atom stereocenters. The highest BCUT2D eigenvalue weighted by Crippen LogP contribution is 2.27. The van der Waals surface area contributed by atoms with Crippen LogP contribution in [0.25, 0.3) is 17.1 Å². The second kappa shape index (κ2) is 8.13. The lowest BCUT2D eigenvalue weighted by Crippen LogP contribution is -2.15. The van der Waals surface area contributed by atoms with E-state index in [9.17, 15) is 4.79 Å². The van der Waals surface area contributed by atoms with Crippen molar-refractivity contribution in [3.05, 3.63) is 94.3 Å². The monoisotopic (exact) mass is 416 g/mol. The molecular formula is C24H21ClN4O. The van der Waals surface area contributed by atoms with Gasteiger partial charge in [0.2, 0.25) is 5.82 Å². The van der Waals surface area contributed by atoms with Gasteiger partial charge in [0, 0.05) is 5.56 Å². The molecule has 0 fully saturated rings. The summed E-state index contributed by atoms with van der Waals surface area (Å²) in [5.41, 5.74) is 5.35. The summed E-state index contributed by atoms with van der Waals surface area (Å²) in [6.07, 6.45) is 0. The summed E-state index contributed by atoms with van der Waals surface area (Å²) in [5.74, 6) is 0.268.